The van der Waals surface area contributed by atoms with E-state index in [2.05, 4.69) is 26.8 Å². The number of aromatic hydroxyl groups is 1. The number of hydrogen-bond acceptors (Lipinski definition) is 1. The summed E-state index contributed by atoms with van der Waals surface area (Å²) < 4.78 is 0. The number of rotatable bonds is 0. The summed E-state index contributed by atoms with van der Waals surface area (Å²) in [6.45, 7) is 8.14. The van der Waals surface area contributed by atoms with Crippen molar-refractivity contribution in [2.24, 2.45) is 0 Å². The van der Waals surface area contributed by atoms with Crippen molar-refractivity contribution >= 4 is 0 Å². The molecule has 12 heavy (non-hydrogen) atoms. The first-order valence-corrected chi connectivity index (χ1v) is 4.13. The molecule has 0 aromatic heterocycles. The average Bonchev–Trinajstić information content (AvgIpc) is 1.83. The van der Waals surface area contributed by atoms with Crippen molar-refractivity contribution in [3.05, 3.63) is 29.3 Å². The molecule has 0 heterocycles. The van der Waals surface area contributed by atoms with Crippen LogP contribution in [0.4, 0.5) is 0 Å². The molecule has 0 aliphatic rings. The summed E-state index contributed by atoms with van der Waals surface area (Å²) in [5.41, 5.74) is 1.89. The van der Waals surface area contributed by atoms with E-state index in [4.69, 9.17) is 0 Å². The third-order valence-corrected chi connectivity index (χ3v) is 1.81. The summed E-state index contributed by atoms with van der Waals surface area (Å²) in [7, 11) is 0. The zero-order valence-corrected chi connectivity index (χ0v) is 8.10. The number of aryl methyl sites for hydroxylation is 1. The van der Waals surface area contributed by atoms with Gasteiger partial charge < -0.3 is 5.11 Å². The van der Waals surface area contributed by atoms with E-state index >= 15 is 0 Å². The van der Waals surface area contributed by atoms with Crippen molar-refractivity contribution in [3.63, 3.8) is 0 Å². The van der Waals surface area contributed by atoms with E-state index in [9.17, 15) is 5.11 Å². The standard InChI is InChI=1S/C11H15O/c1-8-5-6-9(10(12)7-8)11(2,3)4/h5,7,12H,1-4H3. The molecular formula is C11H15O. The molecule has 0 unspecified atom stereocenters. The van der Waals surface area contributed by atoms with Crippen LogP contribution in [0.5, 0.6) is 5.75 Å². The Morgan fingerprint density at radius 1 is 1.33 bits per heavy atom. The van der Waals surface area contributed by atoms with E-state index in [1.165, 1.54) is 0 Å². The Labute approximate surface area is 74.1 Å². The lowest BCUT2D eigenvalue weighted by atomic mass is 9.86. The van der Waals surface area contributed by atoms with Gasteiger partial charge in [-0.1, -0.05) is 26.8 Å². The highest BCUT2D eigenvalue weighted by Crippen LogP contribution is 2.30. The molecule has 1 nitrogen and oxygen atoms in total. The molecule has 0 bridgehead atoms. The lowest BCUT2D eigenvalue weighted by molar-refractivity contribution is 0.446. The van der Waals surface area contributed by atoms with Crippen LogP contribution in [0, 0.1) is 13.0 Å². The molecular weight excluding hydrogens is 148 g/mol. The van der Waals surface area contributed by atoms with Crippen molar-refractivity contribution in [1.29, 1.82) is 0 Å². The Morgan fingerprint density at radius 3 is 2.33 bits per heavy atom. The highest BCUT2D eigenvalue weighted by Gasteiger charge is 2.17. The molecule has 0 fully saturated rings. The van der Waals surface area contributed by atoms with Crippen LogP contribution in [0.25, 0.3) is 0 Å². The van der Waals surface area contributed by atoms with Crippen molar-refractivity contribution in [2.75, 3.05) is 0 Å². The average molecular weight is 163 g/mol. The van der Waals surface area contributed by atoms with Crippen LogP contribution in [-0.4, -0.2) is 5.11 Å². The molecule has 1 heteroatoms. The monoisotopic (exact) mass is 163 g/mol. The third kappa shape index (κ3) is 1.79. The van der Waals surface area contributed by atoms with Gasteiger partial charge in [0.05, 0.1) is 0 Å². The lowest BCUT2D eigenvalue weighted by Crippen LogP contribution is -2.11. The van der Waals surface area contributed by atoms with Gasteiger partial charge in [0.25, 0.3) is 0 Å². The van der Waals surface area contributed by atoms with Crippen LogP contribution in [0.15, 0.2) is 12.1 Å². The summed E-state index contributed by atoms with van der Waals surface area (Å²) in [5.74, 6) is 0.350. The van der Waals surface area contributed by atoms with E-state index in [1.54, 1.807) is 6.07 Å². The van der Waals surface area contributed by atoms with Crippen LogP contribution in [0.3, 0.4) is 0 Å². The van der Waals surface area contributed by atoms with Crippen molar-refractivity contribution in [2.45, 2.75) is 33.1 Å². The molecule has 0 aliphatic heterocycles. The molecule has 1 N–H and O–H groups in total. The first kappa shape index (κ1) is 9.11. The minimum Gasteiger partial charge on any atom is -0.508 e. The van der Waals surface area contributed by atoms with Crippen molar-refractivity contribution in [1.82, 2.24) is 0 Å². The number of phenols is 1. The van der Waals surface area contributed by atoms with Gasteiger partial charge in [-0.3, -0.25) is 0 Å². The summed E-state index contributed by atoms with van der Waals surface area (Å²) in [6, 6.07) is 6.77. The highest BCUT2D eigenvalue weighted by atomic mass is 16.3. The molecule has 0 spiro atoms. The SMILES string of the molecule is Cc1c[c]c(C(C)(C)C)c(O)c1. The molecule has 0 saturated carbocycles. The van der Waals surface area contributed by atoms with E-state index in [-0.39, 0.29) is 5.41 Å². The molecule has 0 aliphatic carbocycles. The first-order chi connectivity index (χ1) is 5.41. The molecule has 1 radical (unpaired) electrons. The van der Waals surface area contributed by atoms with Gasteiger partial charge in [-0.05, 0) is 30.0 Å². The van der Waals surface area contributed by atoms with Gasteiger partial charge >= 0.3 is 0 Å². The van der Waals surface area contributed by atoms with E-state index < -0.39 is 0 Å². The molecule has 1 aromatic rings. The third-order valence-electron chi connectivity index (χ3n) is 1.81. The Bertz CT molecular complexity index is 282. The first-order valence-electron chi connectivity index (χ1n) is 4.13. The Balaban J connectivity index is 3.19. The van der Waals surface area contributed by atoms with Crippen molar-refractivity contribution < 1.29 is 5.11 Å². The minimum absolute atomic E-state index is 0.0300. The number of benzene rings is 1. The minimum atomic E-state index is -0.0300. The normalized spacial score (nSPS) is 11.7. The fourth-order valence-electron chi connectivity index (χ4n) is 1.19. The van der Waals surface area contributed by atoms with Gasteiger partial charge in [0.1, 0.15) is 5.75 Å². The predicted octanol–water partition coefficient (Wildman–Crippen LogP) is 2.80. The summed E-state index contributed by atoms with van der Waals surface area (Å²) >= 11 is 0. The molecule has 1 aromatic carbocycles. The van der Waals surface area contributed by atoms with Gasteiger partial charge in [-0.2, -0.15) is 0 Å². The quantitative estimate of drug-likeness (QED) is 0.623. The van der Waals surface area contributed by atoms with Crippen LogP contribution in [-0.2, 0) is 5.41 Å². The Morgan fingerprint density at radius 2 is 1.92 bits per heavy atom. The van der Waals surface area contributed by atoms with Crippen LogP contribution >= 0.6 is 0 Å². The zero-order chi connectivity index (χ0) is 9.35. The van der Waals surface area contributed by atoms with Gasteiger partial charge in [0.2, 0.25) is 0 Å². The Kier molecular flexibility index (Phi) is 2.14. The topological polar surface area (TPSA) is 20.2 Å². The van der Waals surface area contributed by atoms with E-state index in [0.717, 1.165) is 11.1 Å². The van der Waals surface area contributed by atoms with E-state index in [1.807, 2.05) is 13.0 Å². The maximum Gasteiger partial charge on any atom is 0.120 e. The second-order valence-corrected chi connectivity index (χ2v) is 4.19. The molecule has 1 rings (SSSR count). The highest BCUT2D eigenvalue weighted by molar-refractivity contribution is 5.39. The largest absolute Gasteiger partial charge is 0.508 e. The summed E-state index contributed by atoms with van der Waals surface area (Å²) in [6.07, 6.45) is 0. The summed E-state index contributed by atoms with van der Waals surface area (Å²) in [5, 5.41) is 9.60. The number of phenolic OH excluding ortho intramolecular Hbond substituents is 1. The molecule has 0 saturated heterocycles. The van der Waals surface area contributed by atoms with Crippen LogP contribution < -0.4 is 0 Å². The molecule has 65 valence electrons. The summed E-state index contributed by atoms with van der Waals surface area (Å²) in [4.78, 5) is 0. The number of hydrogen-bond donors (Lipinski definition) is 1. The smallest absolute Gasteiger partial charge is 0.120 e. The van der Waals surface area contributed by atoms with Gasteiger partial charge in [0, 0.05) is 5.56 Å². The maximum absolute atomic E-state index is 9.60. The fourth-order valence-corrected chi connectivity index (χ4v) is 1.19. The fraction of sp³-hybridized carbons (Fsp3) is 0.455. The van der Waals surface area contributed by atoms with Gasteiger partial charge in [0.15, 0.2) is 0 Å². The second kappa shape index (κ2) is 2.81. The van der Waals surface area contributed by atoms with E-state index in [0.29, 0.717) is 5.75 Å². The lowest BCUT2D eigenvalue weighted by Gasteiger charge is -2.19. The Hall–Kier alpha value is -0.980. The molecule has 0 atom stereocenters. The zero-order valence-electron chi connectivity index (χ0n) is 8.10. The van der Waals surface area contributed by atoms with Gasteiger partial charge in [-0.25, -0.2) is 0 Å². The van der Waals surface area contributed by atoms with Crippen molar-refractivity contribution in [3.8, 4) is 5.75 Å². The predicted molar refractivity (Wildman–Crippen MR) is 50.4 cm³/mol. The second-order valence-electron chi connectivity index (χ2n) is 4.19. The molecule has 0 amide bonds. The maximum atomic E-state index is 9.60. The van der Waals surface area contributed by atoms with Crippen LogP contribution in [0.1, 0.15) is 31.9 Å². The van der Waals surface area contributed by atoms with Crippen LogP contribution in [0.2, 0.25) is 0 Å². The van der Waals surface area contributed by atoms with Gasteiger partial charge in [-0.15, -0.1) is 0 Å².